The van der Waals surface area contributed by atoms with Gasteiger partial charge in [0.25, 0.3) is 0 Å². The third-order valence-electron chi connectivity index (χ3n) is 2.97. The highest BCUT2D eigenvalue weighted by molar-refractivity contribution is 5.85. The average Bonchev–Trinajstić information content (AvgIpc) is 3.21. The van der Waals surface area contributed by atoms with Crippen molar-refractivity contribution in [1.29, 1.82) is 0 Å². The number of ether oxygens (including phenoxy) is 1. The van der Waals surface area contributed by atoms with E-state index in [0.29, 0.717) is 18.1 Å². The molecule has 0 aromatic heterocycles. The quantitative estimate of drug-likeness (QED) is 0.778. The van der Waals surface area contributed by atoms with Crippen molar-refractivity contribution in [2.24, 2.45) is 5.92 Å². The van der Waals surface area contributed by atoms with Gasteiger partial charge in [0, 0.05) is 0 Å². The summed E-state index contributed by atoms with van der Waals surface area (Å²) in [6.45, 7) is 0.490. The lowest BCUT2D eigenvalue weighted by Crippen LogP contribution is -2.36. The summed E-state index contributed by atoms with van der Waals surface area (Å²) in [6, 6.07) is 7.58. The molecule has 5 heteroatoms. The van der Waals surface area contributed by atoms with Crippen LogP contribution < -0.4 is 5.32 Å². The lowest BCUT2D eigenvalue weighted by atomic mass is 10.1. The third-order valence-corrected chi connectivity index (χ3v) is 2.97. The predicted molar refractivity (Wildman–Crippen MR) is 68.5 cm³/mol. The molecule has 102 valence electrons. The van der Waals surface area contributed by atoms with E-state index < -0.39 is 17.9 Å². The van der Waals surface area contributed by atoms with Gasteiger partial charge >= 0.3 is 5.97 Å². The van der Waals surface area contributed by atoms with Crippen molar-refractivity contribution >= 4 is 11.9 Å². The van der Waals surface area contributed by atoms with Crippen LogP contribution in [0.1, 0.15) is 24.4 Å². The molecule has 1 amide bonds. The van der Waals surface area contributed by atoms with Crippen LogP contribution in [-0.2, 0) is 14.3 Å². The van der Waals surface area contributed by atoms with Crippen molar-refractivity contribution in [1.82, 2.24) is 5.32 Å². The summed E-state index contributed by atoms with van der Waals surface area (Å²) in [5.41, 5.74) is 0.547. The summed E-state index contributed by atoms with van der Waals surface area (Å²) in [4.78, 5) is 22.8. The number of benzene rings is 1. The second kappa shape index (κ2) is 6.33. The summed E-state index contributed by atoms with van der Waals surface area (Å²) in [7, 11) is 0. The summed E-state index contributed by atoms with van der Waals surface area (Å²) < 4.78 is 5.23. The van der Waals surface area contributed by atoms with Gasteiger partial charge in [0.05, 0.1) is 6.61 Å². The highest BCUT2D eigenvalue weighted by Crippen LogP contribution is 2.28. The second-order valence-corrected chi connectivity index (χ2v) is 4.71. The monoisotopic (exact) mass is 263 g/mol. The number of carbonyl (C=O) groups is 2. The van der Waals surface area contributed by atoms with Gasteiger partial charge in [-0.15, -0.1) is 0 Å². The average molecular weight is 263 g/mol. The highest BCUT2D eigenvalue weighted by atomic mass is 16.5. The molecule has 0 bridgehead atoms. The van der Waals surface area contributed by atoms with Crippen LogP contribution in [0.3, 0.4) is 0 Å². The van der Waals surface area contributed by atoms with Gasteiger partial charge in [0.1, 0.15) is 6.61 Å². The summed E-state index contributed by atoms with van der Waals surface area (Å²) in [5.74, 6) is -0.907. The zero-order valence-corrected chi connectivity index (χ0v) is 10.5. The third kappa shape index (κ3) is 4.37. The number of carboxylic acids is 1. The zero-order chi connectivity index (χ0) is 13.7. The molecule has 1 aliphatic carbocycles. The maximum atomic E-state index is 11.6. The van der Waals surface area contributed by atoms with Gasteiger partial charge < -0.3 is 15.2 Å². The number of rotatable bonds is 7. The van der Waals surface area contributed by atoms with Gasteiger partial charge in [-0.1, -0.05) is 30.3 Å². The molecule has 1 saturated carbocycles. The van der Waals surface area contributed by atoms with Gasteiger partial charge in [0.2, 0.25) is 5.91 Å². The standard InChI is InChI=1S/C14H17NO4/c16-12(9-19-8-10-6-7-10)15-13(14(17)18)11-4-2-1-3-5-11/h1-5,10,13H,6-9H2,(H,15,16)(H,17,18)/t13-/m0/s1. The number of nitrogens with one attached hydrogen (secondary N) is 1. The maximum absolute atomic E-state index is 11.6. The number of hydrogen-bond donors (Lipinski definition) is 2. The Hall–Kier alpha value is -1.88. The minimum absolute atomic E-state index is 0.0902. The Morgan fingerprint density at radius 3 is 2.58 bits per heavy atom. The topological polar surface area (TPSA) is 75.6 Å². The maximum Gasteiger partial charge on any atom is 0.330 e. The van der Waals surface area contributed by atoms with E-state index in [4.69, 9.17) is 9.84 Å². The molecule has 1 aromatic carbocycles. The first-order valence-corrected chi connectivity index (χ1v) is 6.31. The van der Waals surface area contributed by atoms with Crippen LogP contribution in [0.25, 0.3) is 0 Å². The molecule has 1 fully saturated rings. The van der Waals surface area contributed by atoms with Crippen molar-refractivity contribution in [3.05, 3.63) is 35.9 Å². The van der Waals surface area contributed by atoms with Crippen LogP contribution in [0.2, 0.25) is 0 Å². The molecule has 5 nitrogen and oxygen atoms in total. The molecule has 1 aliphatic rings. The van der Waals surface area contributed by atoms with Gasteiger partial charge in [-0.3, -0.25) is 4.79 Å². The molecule has 0 aliphatic heterocycles. The number of carbonyl (C=O) groups excluding carboxylic acids is 1. The van der Waals surface area contributed by atoms with Crippen LogP contribution >= 0.6 is 0 Å². The van der Waals surface area contributed by atoms with E-state index in [2.05, 4.69) is 5.32 Å². The molecule has 0 heterocycles. The Labute approximate surface area is 111 Å². The minimum atomic E-state index is -1.08. The Kier molecular flexibility index (Phi) is 4.52. The van der Waals surface area contributed by atoms with Gasteiger partial charge in [-0.2, -0.15) is 0 Å². The molecule has 2 N–H and O–H groups in total. The predicted octanol–water partition coefficient (Wildman–Crippen LogP) is 1.36. The molecule has 0 saturated heterocycles. The minimum Gasteiger partial charge on any atom is -0.479 e. The largest absolute Gasteiger partial charge is 0.479 e. The first-order chi connectivity index (χ1) is 9.16. The zero-order valence-electron chi connectivity index (χ0n) is 10.5. The first kappa shape index (κ1) is 13.5. The lowest BCUT2D eigenvalue weighted by molar-refractivity contribution is -0.142. The second-order valence-electron chi connectivity index (χ2n) is 4.71. The molecule has 1 aromatic rings. The molecule has 2 rings (SSSR count). The molecule has 0 spiro atoms. The van der Waals surface area contributed by atoms with Crippen molar-refractivity contribution in [3.8, 4) is 0 Å². The molecule has 1 atom stereocenters. The van der Waals surface area contributed by atoms with Crippen molar-refractivity contribution < 1.29 is 19.4 Å². The van der Waals surface area contributed by atoms with E-state index in [-0.39, 0.29) is 6.61 Å². The summed E-state index contributed by atoms with van der Waals surface area (Å²) >= 11 is 0. The van der Waals surface area contributed by atoms with Crippen LogP contribution in [0.4, 0.5) is 0 Å². The van der Waals surface area contributed by atoms with E-state index in [9.17, 15) is 9.59 Å². The number of carboxylic acid groups (broad SMARTS) is 1. The van der Waals surface area contributed by atoms with Gasteiger partial charge in [-0.25, -0.2) is 4.79 Å². The fourth-order valence-electron chi connectivity index (χ4n) is 1.74. The van der Waals surface area contributed by atoms with Crippen LogP contribution in [0, 0.1) is 5.92 Å². The van der Waals surface area contributed by atoms with Crippen molar-refractivity contribution in [2.75, 3.05) is 13.2 Å². The van der Waals surface area contributed by atoms with E-state index >= 15 is 0 Å². The fourth-order valence-corrected chi connectivity index (χ4v) is 1.74. The molecular formula is C14H17NO4. The van der Waals surface area contributed by atoms with Gasteiger partial charge in [-0.05, 0) is 24.3 Å². The lowest BCUT2D eigenvalue weighted by Gasteiger charge is -2.14. The number of hydrogen-bond acceptors (Lipinski definition) is 3. The molecular weight excluding hydrogens is 246 g/mol. The van der Waals surface area contributed by atoms with Crippen LogP contribution in [-0.4, -0.2) is 30.2 Å². The highest BCUT2D eigenvalue weighted by Gasteiger charge is 2.24. The normalized spacial score (nSPS) is 15.8. The summed E-state index contributed by atoms with van der Waals surface area (Å²) in [5, 5.41) is 11.6. The van der Waals surface area contributed by atoms with Crippen molar-refractivity contribution in [3.63, 3.8) is 0 Å². The number of amides is 1. The first-order valence-electron chi connectivity index (χ1n) is 6.31. The number of aliphatic carboxylic acids is 1. The molecule has 0 unspecified atom stereocenters. The van der Waals surface area contributed by atoms with E-state index in [1.807, 2.05) is 0 Å². The molecule has 0 radical (unpaired) electrons. The van der Waals surface area contributed by atoms with E-state index in [1.54, 1.807) is 30.3 Å². The Balaban J connectivity index is 1.85. The smallest absolute Gasteiger partial charge is 0.330 e. The van der Waals surface area contributed by atoms with E-state index in [0.717, 1.165) is 12.8 Å². The SMILES string of the molecule is O=C(COCC1CC1)N[C@H](C(=O)O)c1ccccc1. The Morgan fingerprint density at radius 2 is 2.00 bits per heavy atom. The van der Waals surface area contributed by atoms with Gasteiger partial charge in [0.15, 0.2) is 6.04 Å². The Bertz CT molecular complexity index is 442. The Morgan fingerprint density at radius 1 is 1.32 bits per heavy atom. The van der Waals surface area contributed by atoms with E-state index in [1.165, 1.54) is 0 Å². The fraction of sp³-hybridized carbons (Fsp3) is 0.429. The summed E-state index contributed by atoms with van der Waals surface area (Å²) in [6.07, 6.45) is 2.31. The molecule has 19 heavy (non-hydrogen) atoms. The van der Waals surface area contributed by atoms with Crippen LogP contribution in [0.15, 0.2) is 30.3 Å². The van der Waals surface area contributed by atoms with Crippen molar-refractivity contribution in [2.45, 2.75) is 18.9 Å². The van der Waals surface area contributed by atoms with Crippen LogP contribution in [0.5, 0.6) is 0 Å².